The summed E-state index contributed by atoms with van der Waals surface area (Å²) < 4.78 is 11.1. The van der Waals surface area contributed by atoms with E-state index in [2.05, 4.69) is 0 Å². The Balaban J connectivity index is 2.43. The van der Waals surface area contributed by atoms with Gasteiger partial charge in [-0.3, -0.25) is 4.79 Å². The second-order valence-electron chi connectivity index (χ2n) is 4.43. The van der Waals surface area contributed by atoms with Crippen molar-refractivity contribution in [3.8, 4) is 11.5 Å². The maximum Gasteiger partial charge on any atom is 0.306 e. The molecule has 0 amide bonds. The van der Waals surface area contributed by atoms with Crippen molar-refractivity contribution in [2.24, 2.45) is 5.92 Å². The van der Waals surface area contributed by atoms with Crippen LogP contribution in [0.5, 0.6) is 11.5 Å². The Bertz CT molecular complexity index is 484. The predicted molar refractivity (Wildman–Crippen MR) is 67.7 cm³/mol. The topological polar surface area (TPSA) is 55.8 Å². The molecule has 0 aliphatic carbocycles. The fourth-order valence-electron chi connectivity index (χ4n) is 1.95. The van der Waals surface area contributed by atoms with Crippen LogP contribution in [0.3, 0.4) is 0 Å². The number of rotatable bonds is 3. The lowest BCUT2D eigenvalue weighted by Crippen LogP contribution is -2.19. The Labute approximate surface area is 110 Å². The van der Waals surface area contributed by atoms with Crippen molar-refractivity contribution in [3.05, 3.63) is 22.2 Å². The lowest BCUT2D eigenvalue weighted by molar-refractivity contribution is -0.141. The van der Waals surface area contributed by atoms with Crippen molar-refractivity contribution in [2.45, 2.75) is 20.3 Å². The number of hydrogen-bond donors (Lipinski definition) is 1. The minimum atomic E-state index is -0.833. The van der Waals surface area contributed by atoms with Crippen LogP contribution in [-0.2, 0) is 11.2 Å². The molecule has 18 heavy (non-hydrogen) atoms. The average molecular weight is 271 g/mol. The van der Waals surface area contributed by atoms with Crippen LogP contribution in [0.2, 0.25) is 5.02 Å². The second-order valence-corrected chi connectivity index (χ2v) is 4.84. The molecule has 0 fully saturated rings. The van der Waals surface area contributed by atoms with Crippen LogP contribution in [0.4, 0.5) is 0 Å². The van der Waals surface area contributed by atoms with E-state index in [0.29, 0.717) is 36.2 Å². The van der Waals surface area contributed by atoms with Crippen molar-refractivity contribution < 1.29 is 19.4 Å². The SMILES string of the molecule is Cc1c(Cl)cc2c(c1CC(C)C(=O)O)OCCO2. The zero-order chi connectivity index (χ0) is 13.3. The maximum atomic E-state index is 11.0. The normalized spacial score (nSPS) is 15.3. The Morgan fingerprint density at radius 1 is 1.50 bits per heavy atom. The number of carboxylic acids is 1. The van der Waals surface area contributed by atoms with Gasteiger partial charge in [0.25, 0.3) is 0 Å². The van der Waals surface area contributed by atoms with Crippen LogP contribution in [0.25, 0.3) is 0 Å². The number of halogens is 1. The molecule has 0 bridgehead atoms. The number of fused-ring (bicyclic) bond motifs is 1. The van der Waals surface area contributed by atoms with Gasteiger partial charge in [0.05, 0.1) is 5.92 Å². The number of carbonyl (C=O) groups is 1. The molecule has 1 aliphatic heterocycles. The van der Waals surface area contributed by atoms with E-state index in [0.717, 1.165) is 11.1 Å². The lowest BCUT2D eigenvalue weighted by atomic mass is 9.96. The Morgan fingerprint density at radius 2 is 2.17 bits per heavy atom. The van der Waals surface area contributed by atoms with Gasteiger partial charge >= 0.3 is 5.97 Å². The Morgan fingerprint density at radius 3 is 2.83 bits per heavy atom. The summed E-state index contributed by atoms with van der Waals surface area (Å²) >= 11 is 6.13. The fraction of sp³-hybridized carbons (Fsp3) is 0.462. The molecule has 1 atom stereocenters. The molecular formula is C13H15ClO4. The van der Waals surface area contributed by atoms with Gasteiger partial charge in [0.1, 0.15) is 13.2 Å². The first kappa shape index (κ1) is 13.0. The summed E-state index contributed by atoms with van der Waals surface area (Å²) in [5.41, 5.74) is 1.68. The third-order valence-corrected chi connectivity index (χ3v) is 3.48. The molecule has 1 unspecified atom stereocenters. The lowest BCUT2D eigenvalue weighted by Gasteiger charge is -2.24. The molecule has 1 N–H and O–H groups in total. The first-order chi connectivity index (χ1) is 8.50. The molecule has 1 heterocycles. The number of carboxylic acid groups (broad SMARTS) is 1. The van der Waals surface area contributed by atoms with Gasteiger partial charge < -0.3 is 14.6 Å². The maximum absolute atomic E-state index is 11.0. The number of ether oxygens (including phenoxy) is 2. The van der Waals surface area contributed by atoms with Crippen LogP contribution in [0.1, 0.15) is 18.1 Å². The molecule has 98 valence electrons. The molecule has 0 saturated carbocycles. The third-order valence-electron chi connectivity index (χ3n) is 3.09. The molecule has 2 rings (SSSR count). The molecule has 0 aromatic heterocycles. The fourth-order valence-corrected chi connectivity index (χ4v) is 2.17. The summed E-state index contributed by atoms with van der Waals surface area (Å²) in [6, 6.07) is 1.72. The number of benzene rings is 1. The first-order valence-corrected chi connectivity index (χ1v) is 6.19. The van der Waals surface area contributed by atoms with Crippen LogP contribution >= 0.6 is 11.6 Å². The largest absolute Gasteiger partial charge is 0.486 e. The summed E-state index contributed by atoms with van der Waals surface area (Å²) in [4.78, 5) is 11.0. The van der Waals surface area contributed by atoms with Crippen molar-refractivity contribution in [3.63, 3.8) is 0 Å². The Kier molecular flexibility index (Phi) is 3.66. The van der Waals surface area contributed by atoms with Gasteiger partial charge in [-0.2, -0.15) is 0 Å². The van der Waals surface area contributed by atoms with E-state index in [1.165, 1.54) is 0 Å². The smallest absolute Gasteiger partial charge is 0.306 e. The van der Waals surface area contributed by atoms with E-state index in [1.807, 2.05) is 6.92 Å². The molecule has 0 spiro atoms. The van der Waals surface area contributed by atoms with Crippen LogP contribution < -0.4 is 9.47 Å². The van der Waals surface area contributed by atoms with Gasteiger partial charge in [-0.05, 0) is 18.9 Å². The van der Waals surface area contributed by atoms with Gasteiger partial charge in [-0.1, -0.05) is 18.5 Å². The van der Waals surface area contributed by atoms with Gasteiger partial charge in [0.2, 0.25) is 0 Å². The summed E-state index contributed by atoms with van der Waals surface area (Å²) in [7, 11) is 0. The molecule has 0 radical (unpaired) electrons. The van der Waals surface area contributed by atoms with E-state index in [9.17, 15) is 4.79 Å². The van der Waals surface area contributed by atoms with E-state index >= 15 is 0 Å². The van der Waals surface area contributed by atoms with E-state index in [4.69, 9.17) is 26.2 Å². The van der Waals surface area contributed by atoms with Crippen molar-refractivity contribution in [1.29, 1.82) is 0 Å². The van der Waals surface area contributed by atoms with E-state index in [1.54, 1.807) is 13.0 Å². The average Bonchev–Trinajstić information content (AvgIpc) is 2.34. The minimum absolute atomic E-state index is 0.382. The first-order valence-electron chi connectivity index (χ1n) is 5.81. The molecule has 4 nitrogen and oxygen atoms in total. The van der Waals surface area contributed by atoms with Crippen LogP contribution in [-0.4, -0.2) is 24.3 Å². The molecular weight excluding hydrogens is 256 g/mol. The highest BCUT2D eigenvalue weighted by Gasteiger charge is 2.23. The standard InChI is InChI=1S/C13H15ClO4/c1-7(13(15)16)5-9-8(2)10(14)6-11-12(9)18-4-3-17-11/h6-7H,3-5H2,1-2H3,(H,15,16). The van der Waals surface area contributed by atoms with Crippen LogP contribution in [0, 0.1) is 12.8 Å². The zero-order valence-corrected chi connectivity index (χ0v) is 11.1. The summed E-state index contributed by atoms with van der Waals surface area (Å²) in [5, 5.41) is 9.58. The number of aliphatic carboxylic acids is 1. The monoisotopic (exact) mass is 270 g/mol. The highest BCUT2D eigenvalue weighted by atomic mass is 35.5. The van der Waals surface area contributed by atoms with Crippen molar-refractivity contribution in [1.82, 2.24) is 0 Å². The van der Waals surface area contributed by atoms with Gasteiger partial charge in [-0.25, -0.2) is 0 Å². The quantitative estimate of drug-likeness (QED) is 0.917. The summed E-state index contributed by atoms with van der Waals surface area (Å²) in [6.07, 6.45) is 0.382. The zero-order valence-electron chi connectivity index (χ0n) is 10.3. The van der Waals surface area contributed by atoms with Crippen molar-refractivity contribution >= 4 is 17.6 Å². The number of hydrogen-bond acceptors (Lipinski definition) is 3. The van der Waals surface area contributed by atoms with E-state index < -0.39 is 11.9 Å². The molecule has 1 aliphatic rings. The molecule has 1 aromatic carbocycles. The highest BCUT2D eigenvalue weighted by molar-refractivity contribution is 6.31. The predicted octanol–water partition coefficient (Wildman–Crippen LogP) is 2.68. The molecule has 0 saturated heterocycles. The minimum Gasteiger partial charge on any atom is -0.486 e. The van der Waals surface area contributed by atoms with Crippen molar-refractivity contribution in [2.75, 3.05) is 13.2 Å². The Hall–Kier alpha value is -1.42. The van der Waals surface area contributed by atoms with E-state index in [-0.39, 0.29) is 0 Å². The molecule has 5 heteroatoms. The molecule has 1 aromatic rings. The van der Waals surface area contributed by atoms with Gasteiger partial charge in [0.15, 0.2) is 11.5 Å². The second kappa shape index (κ2) is 5.06. The van der Waals surface area contributed by atoms with Gasteiger partial charge in [0, 0.05) is 16.7 Å². The van der Waals surface area contributed by atoms with Gasteiger partial charge in [-0.15, -0.1) is 0 Å². The van der Waals surface area contributed by atoms with Crippen LogP contribution in [0.15, 0.2) is 6.07 Å². The highest BCUT2D eigenvalue weighted by Crippen LogP contribution is 2.40. The summed E-state index contributed by atoms with van der Waals surface area (Å²) in [5.74, 6) is -0.0858. The summed E-state index contributed by atoms with van der Waals surface area (Å²) in [6.45, 7) is 4.49. The third kappa shape index (κ3) is 2.38.